The number of carbonyl (C=O) groups is 3. The minimum atomic E-state index is -1.31. The first-order valence-electron chi connectivity index (χ1n) is 12.8. The molecule has 0 radical (unpaired) electrons. The third-order valence-electron chi connectivity index (χ3n) is 6.95. The Morgan fingerprint density at radius 3 is 2.44 bits per heavy atom. The van der Waals surface area contributed by atoms with Gasteiger partial charge in [-0.25, -0.2) is 13.9 Å². The maximum Gasteiger partial charge on any atom is 0.337 e. The largest absolute Gasteiger partial charge is 0.465 e. The second-order valence-electron chi connectivity index (χ2n) is 9.45. The zero-order valence-corrected chi connectivity index (χ0v) is 21.4. The third-order valence-corrected chi connectivity index (χ3v) is 6.95. The van der Waals surface area contributed by atoms with Crippen molar-refractivity contribution in [2.24, 2.45) is 0 Å². The highest BCUT2D eigenvalue weighted by Crippen LogP contribution is 2.31. The van der Waals surface area contributed by atoms with Crippen LogP contribution in [0.3, 0.4) is 0 Å². The van der Waals surface area contributed by atoms with E-state index in [2.05, 4.69) is 15.6 Å². The number of carbonyl (C=O) groups excluding carboxylic acids is 3. The fourth-order valence-electron chi connectivity index (χ4n) is 5.00. The van der Waals surface area contributed by atoms with Gasteiger partial charge in [0.25, 0.3) is 0 Å². The van der Waals surface area contributed by atoms with E-state index in [1.807, 2.05) is 12.1 Å². The molecule has 5 rings (SSSR count). The van der Waals surface area contributed by atoms with E-state index >= 15 is 4.39 Å². The summed E-state index contributed by atoms with van der Waals surface area (Å²) in [6.45, 7) is -0.249. The molecule has 2 amide bonds. The maximum absolute atomic E-state index is 15.2. The molecule has 9 nitrogen and oxygen atoms in total. The lowest BCUT2D eigenvalue weighted by molar-refractivity contribution is -0.127. The second-order valence-corrected chi connectivity index (χ2v) is 9.45. The molecule has 200 valence electrons. The summed E-state index contributed by atoms with van der Waals surface area (Å²) >= 11 is 0. The number of methoxy groups -OCH3 is 1. The number of esters is 1. The summed E-state index contributed by atoms with van der Waals surface area (Å²) in [7, 11) is 1.27. The molecule has 1 aliphatic rings. The minimum absolute atomic E-state index is 0.0512. The van der Waals surface area contributed by atoms with Gasteiger partial charge in [-0.15, -0.1) is 5.10 Å². The number of fused-ring (bicyclic) bond motifs is 1. The molecular weight excluding hydrogens is 501 g/mol. The lowest BCUT2D eigenvalue weighted by atomic mass is 10.0. The molecule has 10 heteroatoms. The van der Waals surface area contributed by atoms with Crippen LogP contribution < -0.4 is 10.2 Å². The summed E-state index contributed by atoms with van der Waals surface area (Å²) in [4.78, 5) is 41.2. The van der Waals surface area contributed by atoms with Gasteiger partial charge in [0.2, 0.25) is 11.8 Å². The number of nitrogens with zero attached hydrogens (tertiary/aromatic N) is 4. The van der Waals surface area contributed by atoms with Gasteiger partial charge in [-0.05, 0) is 55.3 Å². The van der Waals surface area contributed by atoms with E-state index in [0.29, 0.717) is 16.7 Å². The van der Waals surface area contributed by atoms with E-state index in [1.165, 1.54) is 47.0 Å². The Balaban J connectivity index is 1.59. The Hall–Kier alpha value is -4.60. The van der Waals surface area contributed by atoms with Crippen LogP contribution in [-0.4, -0.2) is 45.9 Å². The topological polar surface area (TPSA) is 106 Å². The zero-order valence-electron chi connectivity index (χ0n) is 21.4. The van der Waals surface area contributed by atoms with Crippen molar-refractivity contribution in [2.75, 3.05) is 12.0 Å². The van der Waals surface area contributed by atoms with E-state index < -0.39 is 29.6 Å². The molecule has 1 fully saturated rings. The number of nitrogens with one attached hydrogen (secondary N) is 1. The fraction of sp³-hybridized carbons (Fsp3) is 0.276. The van der Waals surface area contributed by atoms with Crippen molar-refractivity contribution in [3.63, 3.8) is 0 Å². The highest BCUT2D eigenvalue weighted by atomic mass is 19.1. The zero-order chi connectivity index (χ0) is 27.4. The van der Waals surface area contributed by atoms with Crippen LogP contribution in [0.2, 0.25) is 0 Å². The molecule has 0 spiro atoms. The quantitative estimate of drug-likeness (QED) is 0.343. The highest BCUT2D eigenvalue weighted by molar-refractivity contribution is 6.02. The molecule has 3 aromatic carbocycles. The van der Waals surface area contributed by atoms with Crippen LogP contribution in [0, 0.1) is 5.82 Å². The maximum atomic E-state index is 15.2. The predicted octanol–water partition coefficient (Wildman–Crippen LogP) is 4.19. The van der Waals surface area contributed by atoms with Crippen LogP contribution in [0.4, 0.5) is 10.1 Å². The van der Waals surface area contributed by atoms with Gasteiger partial charge >= 0.3 is 5.97 Å². The summed E-state index contributed by atoms with van der Waals surface area (Å²) in [5.41, 5.74) is 1.90. The molecule has 1 heterocycles. The molecule has 1 saturated carbocycles. The normalized spacial score (nSPS) is 14.2. The number of benzene rings is 3. The SMILES string of the molecule is COC(=O)c1ccc(N(C(=O)Cn2nnc3ccccc32)[C@H](C(=O)NC2CCCC2)c2ccccc2F)cc1. The molecule has 1 aromatic heterocycles. The van der Waals surface area contributed by atoms with E-state index in [0.717, 1.165) is 25.7 Å². The monoisotopic (exact) mass is 529 g/mol. The molecular formula is C29H28FN5O4. The first-order chi connectivity index (χ1) is 19.0. The number of aromatic nitrogens is 3. The van der Waals surface area contributed by atoms with Crippen LogP contribution in [0.1, 0.15) is 47.6 Å². The van der Waals surface area contributed by atoms with Crippen molar-refractivity contribution in [1.29, 1.82) is 0 Å². The lowest BCUT2D eigenvalue weighted by Crippen LogP contribution is -2.47. The molecule has 0 bridgehead atoms. The summed E-state index contributed by atoms with van der Waals surface area (Å²) in [5.74, 6) is -2.15. The van der Waals surface area contributed by atoms with Crippen molar-refractivity contribution in [2.45, 2.75) is 44.3 Å². The van der Waals surface area contributed by atoms with Gasteiger partial charge in [0.15, 0.2) is 0 Å². The number of halogens is 1. The van der Waals surface area contributed by atoms with Gasteiger partial charge in [0.1, 0.15) is 23.9 Å². The molecule has 1 atom stereocenters. The second kappa shape index (κ2) is 11.4. The van der Waals surface area contributed by atoms with E-state index in [9.17, 15) is 14.4 Å². The van der Waals surface area contributed by atoms with Crippen LogP contribution in [0.15, 0.2) is 72.8 Å². The number of rotatable bonds is 8. The van der Waals surface area contributed by atoms with Crippen LogP contribution in [0.5, 0.6) is 0 Å². The van der Waals surface area contributed by atoms with Crippen LogP contribution >= 0.6 is 0 Å². The number of para-hydroxylation sites is 1. The van der Waals surface area contributed by atoms with Gasteiger partial charge in [-0.3, -0.25) is 14.5 Å². The lowest BCUT2D eigenvalue weighted by Gasteiger charge is -2.32. The van der Waals surface area contributed by atoms with Crippen molar-refractivity contribution in [1.82, 2.24) is 20.3 Å². The Morgan fingerprint density at radius 1 is 1.03 bits per heavy atom. The predicted molar refractivity (Wildman–Crippen MR) is 142 cm³/mol. The molecule has 0 unspecified atom stereocenters. The van der Waals surface area contributed by atoms with E-state index in [4.69, 9.17) is 4.74 Å². The average Bonchev–Trinajstić information content (AvgIpc) is 3.62. The van der Waals surface area contributed by atoms with Gasteiger partial charge in [0, 0.05) is 17.3 Å². The van der Waals surface area contributed by atoms with Crippen molar-refractivity contribution >= 4 is 34.5 Å². The fourth-order valence-corrected chi connectivity index (χ4v) is 5.00. The standard InChI is InChI=1S/C29H28FN5O4/c1-39-29(38)19-14-16-21(17-15-19)35(26(36)18-34-25-13-7-6-12-24(25)32-33-34)27(22-10-4-5-11-23(22)30)28(37)31-20-8-2-3-9-20/h4-7,10-17,20,27H,2-3,8-9,18H2,1H3,(H,31,37)/t27-/m0/s1. The van der Waals surface area contributed by atoms with Gasteiger partial charge in [0.05, 0.1) is 18.2 Å². The summed E-state index contributed by atoms with van der Waals surface area (Å²) in [5, 5.41) is 11.3. The molecule has 0 saturated heterocycles. The van der Waals surface area contributed by atoms with Crippen molar-refractivity contribution in [3.05, 3.63) is 89.7 Å². The number of hydrogen-bond acceptors (Lipinski definition) is 6. The number of hydrogen-bond donors (Lipinski definition) is 1. The number of amides is 2. The van der Waals surface area contributed by atoms with Crippen molar-refractivity contribution in [3.8, 4) is 0 Å². The minimum Gasteiger partial charge on any atom is -0.465 e. The number of anilines is 1. The Labute approximate surface area is 224 Å². The van der Waals surface area contributed by atoms with Crippen LogP contribution in [-0.2, 0) is 20.9 Å². The van der Waals surface area contributed by atoms with Gasteiger partial charge in [-0.1, -0.05) is 48.4 Å². The summed E-state index contributed by atoms with van der Waals surface area (Å²) in [6, 6.07) is 17.9. The summed E-state index contributed by atoms with van der Waals surface area (Å²) < 4.78 is 21.5. The summed E-state index contributed by atoms with van der Waals surface area (Å²) in [6.07, 6.45) is 3.63. The Morgan fingerprint density at radius 2 is 1.72 bits per heavy atom. The van der Waals surface area contributed by atoms with E-state index in [-0.39, 0.29) is 23.7 Å². The Bertz CT molecular complexity index is 1500. The van der Waals surface area contributed by atoms with Crippen LogP contribution in [0.25, 0.3) is 11.0 Å². The smallest absolute Gasteiger partial charge is 0.337 e. The average molecular weight is 530 g/mol. The number of ether oxygens (including phenoxy) is 1. The molecule has 0 aliphatic heterocycles. The molecule has 1 aliphatic carbocycles. The van der Waals surface area contributed by atoms with E-state index in [1.54, 1.807) is 30.3 Å². The van der Waals surface area contributed by atoms with Gasteiger partial charge < -0.3 is 10.1 Å². The highest BCUT2D eigenvalue weighted by Gasteiger charge is 2.36. The molecule has 1 N–H and O–H groups in total. The molecule has 39 heavy (non-hydrogen) atoms. The Kier molecular flexibility index (Phi) is 7.62. The van der Waals surface area contributed by atoms with Gasteiger partial charge in [-0.2, -0.15) is 0 Å². The van der Waals surface area contributed by atoms with Crippen molar-refractivity contribution < 1.29 is 23.5 Å². The third kappa shape index (κ3) is 5.50. The molecule has 4 aromatic rings. The first-order valence-corrected chi connectivity index (χ1v) is 12.8. The first kappa shape index (κ1) is 26.0.